The maximum atomic E-state index is 12.4. The van der Waals surface area contributed by atoms with Gasteiger partial charge in [-0.1, -0.05) is 17.8 Å². The molecule has 1 aromatic heterocycles. The molecule has 8 nitrogen and oxygen atoms in total. The number of aromatic nitrogens is 2. The van der Waals surface area contributed by atoms with Crippen LogP contribution in [0, 0.1) is 0 Å². The van der Waals surface area contributed by atoms with Crippen molar-refractivity contribution in [2.24, 2.45) is 4.99 Å². The second kappa shape index (κ2) is 8.28. The minimum Gasteiger partial charge on any atom is -0.325 e. The third-order valence-corrected chi connectivity index (χ3v) is 5.68. The number of hydrogen-bond donors (Lipinski definition) is 2. The highest BCUT2D eigenvalue weighted by atomic mass is 32.2. The Kier molecular flexibility index (Phi) is 5.84. The van der Waals surface area contributed by atoms with Crippen LogP contribution in [0.3, 0.4) is 0 Å². The van der Waals surface area contributed by atoms with Crippen LogP contribution in [0.15, 0.2) is 57.8 Å². The molecule has 2 heterocycles. The lowest BCUT2D eigenvalue weighted by molar-refractivity contribution is -0.113. The number of thioether (sulfide) groups is 1. The molecule has 0 fully saturated rings. The number of aliphatic imine (C=N–C) groups is 1. The average molecular weight is 391 g/mol. The Morgan fingerprint density at radius 3 is 2.73 bits per heavy atom. The molecule has 1 aliphatic heterocycles. The van der Waals surface area contributed by atoms with Gasteiger partial charge in [0.15, 0.2) is 5.16 Å². The first kappa shape index (κ1) is 18.3. The molecule has 0 spiro atoms. The molecule has 0 atom stereocenters. The van der Waals surface area contributed by atoms with Crippen LogP contribution in [0.4, 0.5) is 5.69 Å². The van der Waals surface area contributed by atoms with Crippen molar-refractivity contribution in [3.63, 3.8) is 0 Å². The molecule has 1 aliphatic rings. The molecule has 2 aromatic rings. The number of sulfonamides is 1. The fraction of sp³-hybridized carbons (Fsp3) is 0.250. The number of carbonyl (C=O) groups is 1. The fourth-order valence-corrected chi connectivity index (χ4v) is 4.00. The monoisotopic (exact) mass is 391 g/mol. The maximum absolute atomic E-state index is 12.4. The number of nitrogens with one attached hydrogen (secondary N) is 2. The third-order valence-electron chi connectivity index (χ3n) is 3.43. The van der Waals surface area contributed by atoms with Gasteiger partial charge in [-0.05, 0) is 30.7 Å². The van der Waals surface area contributed by atoms with Crippen molar-refractivity contribution in [3.8, 4) is 0 Å². The Balaban J connectivity index is 1.62. The van der Waals surface area contributed by atoms with Crippen LogP contribution in [0.1, 0.15) is 12.8 Å². The number of amides is 1. The minimum absolute atomic E-state index is 0.0731. The molecule has 26 heavy (non-hydrogen) atoms. The summed E-state index contributed by atoms with van der Waals surface area (Å²) in [6.45, 7) is 0.636. The summed E-state index contributed by atoms with van der Waals surface area (Å²) in [5.74, 6) is 0.319. The Labute approximate surface area is 155 Å². The predicted octanol–water partition coefficient (Wildman–Crippen LogP) is 1.68. The van der Waals surface area contributed by atoms with E-state index < -0.39 is 10.0 Å². The van der Waals surface area contributed by atoms with Crippen molar-refractivity contribution < 1.29 is 13.2 Å². The first-order valence-electron chi connectivity index (χ1n) is 7.89. The quantitative estimate of drug-likeness (QED) is 0.572. The van der Waals surface area contributed by atoms with Crippen molar-refractivity contribution in [3.05, 3.63) is 42.7 Å². The van der Waals surface area contributed by atoms with Gasteiger partial charge in [0.25, 0.3) is 10.0 Å². The number of carbonyl (C=O) groups excluding carboxylic acids is 1. The summed E-state index contributed by atoms with van der Waals surface area (Å²) in [4.78, 5) is 24.3. The van der Waals surface area contributed by atoms with Crippen molar-refractivity contribution in [2.75, 3.05) is 17.6 Å². The van der Waals surface area contributed by atoms with Gasteiger partial charge in [-0.3, -0.25) is 14.5 Å². The van der Waals surface area contributed by atoms with E-state index in [1.807, 2.05) is 0 Å². The third kappa shape index (κ3) is 5.02. The molecule has 3 rings (SSSR count). The highest BCUT2D eigenvalue weighted by molar-refractivity contribution is 7.99. The van der Waals surface area contributed by atoms with Crippen molar-refractivity contribution in [1.82, 2.24) is 14.7 Å². The molecule has 1 aromatic carbocycles. The first-order valence-corrected chi connectivity index (χ1v) is 10.4. The van der Waals surface area contributed by atoms with Gasteiger partial charge in [-0.25, -0.2) is 18.4 Å². The van der Waals surface area contributed by atoms with Crippen LogP contribution in [-0.2, 0) is 14.8 Å². The van der Waals surface area contributed by atoms with E-state index in [0.717, 1.165) is 6.42 Å². The van der Waals surface area contributed by atoms with E-state index in [9.17, 15) is 13.2 Å². The van der Waals surface area contributed by atoms with Crippen LogP contribution in [0.5, 0.6) is 0 Å². The van der Waals surface area contributed by atoms with Crippen LogP contribution >= 0.6 is 11.8 Å². The molecule has 0 aliphatic carbocycles. The van der Waals surface area contributed by atoms with E-state index >= 15 is 0 Å². The predicted molar refractivity (Wildman–Crippen MR) is 99.7 cm³/mol. The lowest BCUT2D eigenvalue weighted by Crippen LogP contribution is -2.29. The zero-order valence-electron chi connectivity index (χ0n) is 13.8. The second-order valence-electron chi connectivity index (χ2n) is 5.43. The summed E-state index contributed by atoms with van der Waals surface area (Å²) in [7, 11) is -3.71. The smallest absolute Gasteiger partial charge is 0.262 e. The molecular weight excluding hydrogens is 374 g/mol. The molecule has 10 heteroatoms. The molecule has 0 saturated heterocycles. The van der Waals surface area contributed by atoms with E-state index in [0.29, 0.717) is 29.6 Å². The maximum Gasteiger partial charge on any atom is 0.262 e. The number of nitrogens with zero attached hydrogens (tertiary/aromatic N) is 3. The number of hydrogen-bond acceptors (Lipinski definition) is 7. The second-order valence-corrected chi connectivity index (χ2v) is 8.06. The lowest BCUT2D eigenvalue weighted by Gasteiger charge is -2.10. The molecule has 136 valence electrons. The van der Waals surface area contributed by atoms with Gasteiger partial charge in [0.2, 0.25) is 5.91 Å². The fourth-order valence-electron chi connectivity index (χ4n) is 2.27. The molecule has 0 radical (unpaired) electrons. The molecule has 1 amide bonds. The van der Waals surface area contributed by atoms with Gasteiger partial charge in [-0.2, -0.15) is 0 Å². The summed E-state index contributed by atoms with van der Waals surface area (Å²) in [5, 5.41) is 3.18. The van der Waals surface area contributed by atoms with Gasteiger partial charge in [-0.15, -0.1) is 0 Å². The van der Waals surface area contributed by atoms with Gasteiger partial charge < -0.3 is 5.32 Å². The number of anilines is 1. The zero-order valence-corrected chi connectivity index (χ0v) is 15.4. The summed E-state index contributed by atoms with van der Waals surface area (Å²) >= 11 is 1.20. The van der Waals surface area contributed by atoms with E-state index in [4.69, 9.17) is 0 Å². The van der Waals surface area contributed by atoms with Gasteiger partial charge >= 0.3 is 0 Å². The molecule has 0 unspecified atom stereocenters. The SMILES string of the molecule is O=C(CSc1ncccn1)Nc1cccc(S(=O)(=O)NC2=NCCC2)c1. The lowest BCUT2D eigenvalue weighted by atomic mass is 10.3. The highest BCUT2D eigenvalue weighted by Crippen LogP contribution is 2.17. The van der Waals surface area contributed by atoms with E-state index in [1.165, 1.54) is 23.9 Å². The zero-order chi connectivity index (χ0) is 18.4. The standard InChI is InChI=1S/C16H17N5O3S2/c22-15(11-25-16-18-8-3-9-19-16)20-12-4-1-5-13(10-12)26(23,24)21-14-6-2-7-17-14/h1,3-5,8-10H,2,6-7,11H2,(H,17,21)(H,20,22). The average Bonchev–Trinajstić information content (AvgIpc) is 3.13. The molecule has 0 bridgehead atoms. The summed E-state index contributed by atoms with van der Waals surface area (Å²) in [5.41, 5.74) is 0.404. The van der Waals surface area contributed by atoms with E-state index in [2.05, 4.69) is 25.0 Å². The van der Waals surface area contributed by atoms with E-state index in [-0.39, 0.29) is 16.6 Å². The number of rotatable bonds is 6. The van der Waals surface area contributed by atoms with Crippen LogP contribution in [-0.4, -0.2) is 42.4 Å². The van der Waals surface area contributed by atoms with Crippen LogP contribution < -0.4 is 10.0 Å². The largest absolute Gasteiger partial charge is 0.325 e. The molecule has 2 N–H and O–H groups in total. The van der Waals surface area contributed by atoms with Gasteiger partial charge in [0.05, 0.1) is 10.6 Å². The molecular formula is C16H17N5O3S2. The normalized spacial score (nSPS) is 13.9. The number of amidine groups is 1. The van der Waals surface area contributed by atoms with Gasteiger partial charge in [0.1, 0.15) is 5.84 Å². The Morgan fingerprint density at radius 1 is 1.19 bits per heavy atom. The van der Waals surface area contributed by atoms with E-state index in [1.54, 1.807) is 30.6 Å². The Morgan fingerprint density at radius 2 is 2.00 bits per heavy atom. The van der Waals surface area contributed by atoms with Crippen molar-refractivity contribution in [2.45, 2.75) is 22.9 Å². The van der Waals surface area contributed by atoms with Crippen molar-refractivity contribution in [1.29, 1.82) is 0 Å². The van der Waals surface area contributed by atoms with Crippen LogP contribution in [0.25, 0.3) is 0 Å². The molecule has 0 saturated carbocycles. The Hall–Kier alpha value is -2.46. The topological polar surface area (TPSA) is 113 Å². The highest BCUT2D eigenvalue weighted by Gasteiger charge is 2.18. The number of benzene rings is 1. The minimum atomic E-state index is -3.71. The summed E-state index contributed by atoms with van der Waals surface area (Å²) in [6, 6.07) is 7.79. The van der Waals surface area contributed by atoms with Crippen molar-refractivity contribution >= 4 is 39.2 Å². The first-order chi connectivity index (χ1) is 12.5. The summed E-state index contributed by atoms with van der Waals surface area (Å²) < 4.78 is 27.3. The van der Waals surface area contributed by atoms with Gasteiger partial charge in [0, 0.05) is 31.0 Å². The summed E-state index contributed by atoms with van der Waals surface area (Å²) in [6.07, 6.45) is 4.66. The van der Waals surface area contributed by atoms with Crippen LogP contribution in [0.2, 0.25) is 0 Å². The Bertz CT molecular complexity index is 916.